The Kier molecular flexibility index (Phi) is 9.46. The van der Waals surface area contributed by atoms with Crippen LogP contribution in [-0.2, 0) is 0 Å². The molecule has 1 aromatic heterocycles. The molecule has 104 valence electrons. The maximum atomic E-state index is 5.57. The number of allylic oxidation sites excluding steroid dienone is 4. The second kappa shape index (κ2) is 9.53. The van der Waals surface area contributed by atoms with Crippen LogP contribution in [0.1, 0.15) is 14.9 Å². The summed E-state index contributed by atoms with van der Waals surface area (Å²) in [5.74, 6) is 1.54. The summed E-state index contributed by atoms with van der Waals surface area (Å²) in [5, 5.41) is 0. The molecule has 0 fully saturated rings. The fourth-order valence-corrected chi connectivity index (χ4v) is 1.02. The Labute approximate surface area is 115 Å². The molecule has 0 aliphatic carbocycles. The van der Waals surface area contributed by atoms with E-state index in [0.717, 1.165) is 0 Å². The van der Waals surface area contributed by atoms with Crippen LogP contribution in [-0.4, -0.2) is 4.98 Å². The van der Waals surface area contributed by atoms with Crippen molar-refractivity contribution < 1.29 is 4.74 Å². The van der Waals surface area contributed by atoms with Crippen molar-refractivity contribution >= 4 is 5.82 Å². The minimum Gasteiger partial charge on any atom is -0.457 e. The van der Waals surface area contributed by atoms with Crippen molar-refractivity contribution in [2.75, 3.05) is 5.73 Å². The molecule has 0 radical (unpaired) electrons. The number of pyridine rings is 1. The number of nitrogen functional groups attached to an aromatic ring is 1. The zero-order valence-corrected chi connectivity index (χ0v) is 9.47. The van der Waals surface area contributed by atoms with Crippen LogP contribution in [0.15, 0.2) is 67.2 Å². The van der Waals surface area contributed by atoms with E-state index in [0.29, 0.717) is 23.0 Å². The summed E-state index contributed by atoms with van der Waals surface area (Å²) in [5.41, 5.74) is 11.7. The van der Waals surface area contributed by atoms with Crippen LogP contribution < -0.4 is 16.2 Å². The summed E-state index contributed by atoms with van der Waals surface area (Å²) in [6, 6.07) is 3.33. The molecule has 4 N–H and O–H groups in total. The van der Waals surface area contributed by atoms with Crippen LogP contribution in [0.3, 0.4) is 0 Å². The summed E-state index contributed by atoms with van der Waals surface area (Å²) in [6.45, 7) is 7.19. The molecule has 0 atom stereocenters. The Bertz CT molecular complexity index is 476. The monoisotopic (exact) mass is 261 g/mol. The predicted octanol–water partition coefficient (Wildman–Crippen LogP) is 3.41. The van der Waals surface area contributed by atoms with Crippen LogP contribution >= 0.6 is 0 Å². The molecule has 0 unspecified atom stereocenters. The van der Waals surface area contributed by atoms with Gasteiger partial charge in [0, 0.05) is 18.0 Å². The van der Waals surface area contributed by atoms with Gasteiger partial charge in [0.25, 0.3) is 0 Å². The number of hydrogen-bond donors (Lipinski definition) is 2. The fourth-order valence-electron chi connectivity index (χ4n) is 1.02. The van der Waals surface area contributed by atoms with Crippen molar-refractivity contribution in [3.63, 3.8) is 0 Å². The number of anilines is 1. The number of hydrogen-bond acceptors (Lipinski definition) is 4. The first-order chi connectivity index (χ1) is 8.15. The van der Waals surface area contributed by atoms with E-state index in [9.17, 15) is 0 Å². The minimum absolute atomic E-state index is 0. The molecule has 1 rings (SSSR count). The van der Waals surface area contributed by atoms with Gasteiger partial charge in [-0.25, -0.2) is 4.98 Å². The highest BCUT2D eigenvalue weighted by Crippen LogP contribution is 2.15. The lowest BCUT2D eigenvalue weighted by atomic mass is 10.3. The second-order valence-corrected chi connectivity index (χ2v) is 3.16. The van der Waals surface area contributed by atoms with Gasteiger partial charge in [-0.3, -0.25) is 0 Å². The third-order valence-corrected chi connectivity index (χ3v) is 1.87. The van der Waals surface area contributed by atoms with E-state index >= 15 is 0 Å². The zero-order chi connectivity index (χ0) is 12.7. The Morgan fingerprint density at radius 3 is 2.42 bits per heavy atom. The number of aromatic nitrogens is 1. The van der Waals surface area contributed by atoms with Crippen LogP contribution in [0.5, 0.6) is 5.75 Å². The molecule has 4 nitrogen and oxygen atoms in total. The maximum absolute atomic E-state index is 5.57. The molecule has 0 aromatic carbocycles. The zero-order valence-electron chi connectivity index (χ0n) is 9.47. The molecular weight excluding hydrogens is 238 g/mol. The number of nitrogens with two attached hydrogens (primary N) is 2. The smallest absolute Gasteiger partial charge is 0.132 e. The molecule has 0 bridgehead atoms. The highest BCUT2D eigenvalue weighted by atomic mass is 16.5. The lowest BCUT2D eigenvalue weighted by Crippen LogP contribution is -1.96. The minimum atomic E-state index is 0. The fraction of sp³-hybridized carbons (Fsp3) is 0.133. The van der Waals surface area contributed by atoms with Gasteiger partial charge >= 0.3 is 0 Å². The standard InChI is InChI=1S/C13H15N3O.2CH4/c1-3-10(14)5-6-11(4-2)17-12-7-8-16-13(15)9-12;;/h3-9H,1-2,14H2,(H2,15,16);2*1H4/b10-5+,11-6+;;. The number of ether oxygens (including phenoxy) is 1. The van der Waals surface area contributed by atoms with E-state index in [1.54, 1.807) is 42.6 Å². The molecule has 0 saturated carbocycles. The predicted molar refractivity (Wildman–Crippen MR) is 83.5 cm³/mol. The lowest BCUT2D eigenvalue weighted by Gasteiger charge is -2.05. The van der Waals surface area contributed by atoms with E-state index in [1.807, 2.05) is 0 Å². The molecule has 0 saturated heterocycles. The van der Waals surface area contributed by atoms with Crippen molar-refractivity contribution in [3.05, 3.63) is 67.2 Å². The largest absolute Gasteiger partial charge is 0.457 e. The van der Waals surface area contributed by atoms with E-state index in [4.69, 9.17) is 16.2 Å². The summed E-state index contributed by atoms with van der Waals surface area (Å²) < 4.78 is 5.53. The van der Waals surface area contributed by atoms with Gasteiger partial charge in [0.05, 0.1) is 0 Å². The van der Waals surface area contributed by atoms with Crippen LogP contribution in [0.25, 0.3) is 0 Å². The topological polar surface area (TPSA) is 74.2 Å². The summed E-state index contributed by atoms with van der Waals surface area (Å²) in [4.78, 5) is 3.87. The van der Waals surface area contributed by atoms with Crippen molar-refractivity contribution in [1.29, 1.82) is 0 Å². The molecule has 0 aliphatic rings. The average molecular weight is 261 g/mol. The van der Waals surface area contributed by atoms with Crippen molar-refractivity contribution in [1.82, 2.24) is 4.98 Å². The maximum Gasteiger partial charge on any atom is 0.132 e. The quantitative estimate of drug-likeness (QED) is 0.629. The first kappa shape index (κ1) is 18.9. The van der Waals surface area contributed by atoms with E-state index in [1.165, 1.54) is 0 Å². The van der Waals surface area contributed by atoms with Crippen molar-refractivity contribution in [3.8, 4) is 5.75 Å². The van der Waals surface area contributed by atoms with E-state index < -0.39 is 0 Å². The molecular formula is C15H23N3O. The van der Waals surface area contributed by atoms with Gasteiger partial charge < -0.3 is 16.2 Å². The number of nitrogens with zero attached hydrogens (tertiary/aromatic N) is 1. The van der Waals surface area contributed by atoms with Gasteiger partial charge in [-0.15, -0.1) is 0 Å². The molecule has 1 heterocycles. The average Bonchev–Trinajstić information content (AvgIpc) is 2.34. The van der Waals surface area contributed by atoms with Crippen LogP contribution in [0.4, 0.5) is 5.82 Å². The first-order valence-corrected chi connectivity index (χ1v) is 4.97. The molecule has 1 aromatic rings. The van der Waals surface area contributed by atoms with Crippen LogP contribution in [0.2, 0.25) is 0 Å². The van der Waals surface area contributed by atoms with Crippen molar-refractivity contribution in [2.24, 2.45) is 5.73 Å². The molecule has 19 heavy (non-hydrogen) atoms. The molecule has 0 aliphatic heterocycles. The highest BCUT2D eigenvalue weighted by molar-refractivity contribution is 5.37. The SMILES string of the molecule is C.C.C=C/C(N)=C\C=C(/C=C)Oc1ccnc(N)c1. The Hall–Kier alpha value is -2.49. The molecule has 0 amide bonds. The summed E-state index contributed by atoms with van der Waals surface area (Å²) in [7, 11) is 0. The number of rotatable bonds is 5. The molecule has 0 spiro atoms. The third-order valence-electron chi connectivity index (χ3n) is 1.87. The van der Waals surface area contributed by atoms with Gasteiger partial charge in [-0.05, 0) is 30.4 Å². The first-order valence-electron chi connectivity index (χ1n) is 4.97. The van der Waals surface area contributed by atoms with Gasteiger partial charge in [-0.1, -0.05) is 28.0 Å². The van der Waals surface area contributed by atoms with Gasteiger partial charge in [0.2, 0.25) is 0 Å². The van der Waals surface area contributed by atoms with E-state index in [2.05, 4.69) is 18.1 Å². The van der Waals surface area contributed by atoms with Gasteiger partial charge in [0.15, 0.2) is 0 Å². The van der Waals surface area contributed by atoms with Crippen LogP contribution in [0, 0.1) is 0 Å². The lowest BCUT2D eigenvalue weighted by molar-refractivity contribution is 0.444. The summed E-state index contributed by atoms with van der Waals surface area (Å²) in [6.07, 6.45) is 8.06. The van der Waals surface area contributed by atoms with Gasteiger partial charge in [-0.2, -0.15) is 0 Å². The van der Waals surface area contributed by atoms with Gasteiger partial charge in [0.1, 0.15) is 17.3 Å². The van der Waals surface area contributed by atoms with Crippen molar-refractivity contribution in [2.45, 2.75) is 14.9 Å². The summed E-state index contributed by atoms with van der Waals surface area (Å²) >= 11 is 0. The third kappa shape index (κ3) is 6.73. The second-order valence-electron chi connectivity index (χ2n) is 3.16. The van der Waals surface area contributed by atoms with E-state index in [-0.39, 0.29) is 14.9 Å². The Morgan fingerprint density at radius 1 is 1.21 bits per heavy atom. The molecule has 4 heteroatoms. The Balaban J connectivity index is 0. The highest BCUT2D eigenvalue weighted by Gasteiger charge is 1.97. The Morgan fingerprint density at radius 2 is 1.89 bits per heavy atom. The normalized spacial score (nSPS) is 10.7.